The van der Waals surface area contributed by atoms with Crippen molar-refractivity contribution < 1.29 is 13.2 Å². The standard InChI is InChI=1S/C6H3BrF3N/c7-4-1-3(6(9)10)2-5(8)11-4/h1-2,6H. The van der Waals surface area contributed by atoms with Gasteiger partial charge in [0.15, 0.2) is 0 Å². The monoisotopic (exact) mass is 225 g/mol. The summed E-state index contributed by atoms with van der Waals surface area (Å²) in [7, 11) is 0. The minimum atomic E-state index is -2.66. The van der Waals surface area contributed by atoms with Crippen molar-refractivity contribution in [2.24, 2.45) is 0 Å². The second-order valence-corrected chi connectivity index (χ2v) is 2.66. The molecule has 11 heavy (non-hydrogen) atoms. The van der Waals surface area contributed by atoms with Crippen LogP contribution in [0.3, 0.4) is 0 Å². The first kappa shape index (κ1) is 8.52. The molecule has 1 rings (SSSR count). The van der Waals surface area contributed by atoms with Gasteiger partial charge in [0.25, 0.3) is 6.43 Å². The molecular formula is C6H3BrF3N. The van der Waals surface area contributed by atoms with Gasteiger partial charge in [-0.15, -0.1) is 0 Å². The van der Waals surface area contributed by atoms with E-state index in [9.17, 15) is 13.2 Å². The van der Waals surface area contributed by atoms with Gasteiger partial charge in [-0.05, 0) is 22.0 Å². The maximum atomic E-state index is 12.3. The number of aromatic nitrogens is 1. The summed E-state index contributed by atoms with van der Waals surface area (Å²) in [5, 5.41) is 0. The maximum absolute atomic E-state index is 12.3. The Morgan fingerprint density at radius 2 is 2.00 bits per heavy atom. The van der Waals surface area contributed by atoms with E-state index >= 15 is 0 Å². The minimum absolute atomic E-state index is 0.0767. The summed E-state index contributed by atoms with van der Waals surface area (Å²) in [6.07, 6.45) is -2.66. The van der Waals surface area contributed by atoms with E-state index in [4.69, 9.17) is 0 Å². The number of hydrogen-bond donors (Lipinski definition) is 0. The van der Waals surface area contributed by atoms with Gasteiger partial charge in [-0.2, -0.15) is 4.39 Å². The molecule has 0 aromatic carbocycles. The number of rotatable bonds is 1. The van der Waals surface area contributed by atoms with E-state index in [-0.39, 0.29) is 10.2 Å². The van der Waals surface area contributed by atoms with Crippen LogP contribution >= 0.6 is 15.9 Å². The average Bonchev–Trinajstić information content (AvgIpc) is 1.85. The van der Waals surface area contributed by atoms with Gasteiger partial charge in [0.05, 0.1) is 0 Å². The molecule has 0 radical (unpaired) electrons. The first-order valence-corrected chi connectivity index (χ1v) is 3.50. The molecule has 0 unspecified atom stereocenters. The first-order chi connectivity index (χ1) is 5.09. The Hall–Kier alpha value is -0.580. The Balaban J connectivity index is 3.08. The van der Waals surface area contributed by atoms with Crippen molar-refractivity contribution in [3.8, 4) is 0 Å². The highest BCUT2D eigenvalue weighted by Crippen LogP contribution is 2.21. The molecule has 1 aromatic rings. The third-order valence-corrected chi connectivity index (χ3v) is 1.44. The molecule has 0 atom stereocenters. The molecule has 1 nitrogen and oxygen atoms in total. The lowest BCUT2D eigenvalue weighted by Gasteiger charge is -1.98. The van der Waals surface area contributed by atoms with Crippen molar-refractivity contribution in [3.05, 3.63) is 28.2 Å². The molecular weight excluding hydrogens is 223 g/mol. The van der Waals surface area contributed by atoms with Gasteiger partial charge < -0.3 is 0 Å². The van der Waals surface area contributed by atoms with Crippen molar-refractivity contribution in [1.82, 2.24) is 4.98 Å². The van der Waals surface area contributed by atoms with Crippen molar-refractivity contribution >= 4 is 15.9 Å². The third-order valence-electron chi connectivity index (χ3n) is 1.04. The number of halogens is 4. The summed E-state index contributed by atoms with van der Waals surface area (Å²) < 4.78 is 36.2. The van der Waals surface area contributed by atoms with Crippen molar-refractivity contribution in [1.29, 1.82) is 0 Å². The first-order valence-electron chi connectivity index (χ1n) is 2.70. The van der Waals surface area contributed by atoms with Gasteiger partial charge >= 0.3 is 0 Å². The van der Waals surface area contributed by atoms with Crippen molar-refractivity contribution in [3.63, 3.8) is 0 Å². The fraction of sp³-hybridized carbons (Fsp3) is 0.167. The molecule has 1 aromatic heterocycles. The van der Waals surface area contributed by atoms with Crippen LogP contribution in [0.15, 0.2) is 16.7 Å². The molecule has 0 aliphatic heterocycles. The molecule has 5 heteroatoms. The summed E-state index contributed by atoms with van der Waals surface area (Å²) in [4.78, 5) is 3.23. The van der Waals surface area contributed by atoms with Crippen LogP contribution in [0.5, 0.6) is 0 Å². The Morgan fingerprint density at radius 1 is 1.36 bits per heavy atom. The summed E-state index contributed by atoms with van der Waals surface area (Å²) in [5.74, 6) is -0.908. The zero-order valence-electron chi connectivity index (χ0n) is 5.19. The van der Waals surface area contributed by atoms with E-state index in [2.05, 4.69) is 20.9 Å². The lowest BCUT2D eigenvalue weighted by Crippen LogP contribution is -1.89. The molecule has 0 spiro atoms. The van der Waals surface area contributed by atoms with Crippen molar-refractivity contribution in [2.75, 3.05) is 0 Å². The molecule has 0 bridgehead atoms. The van der Waals surface area contributed by atoms with Crippen LogP contribution in [0.4, 0.5) is 13.2 Å². The lowest BCUT2D eigenvalue weighted by molar-refractivity contribution is 0.150. The van der Waals surface area contributed by atoms with Gasteiger partial charge in [-0.1, -0.05) is 0 Å². The van der Waals surface area contributed by atoms with Gasteiger partial charge in [0.1, 0.15) is 4.60 Å². The molecule has 0 aliphatic rings. The lowest BCUT2D eigenvalue weighted by atomic mass is 10.3. The Bertz CT molecular complexity index is 244. The molecule has 0 saturated heterocycles. The maximum Gasteiger partial charge on any atom is 0.264 e. The van der Waals surface area contributed by atoms with E-state index in [0.29, 0.717) is 6.07 Å². The van der Waals surface area contributed by atoms with Crippen LogP contribution in [-0.4, -0.2) is 4.98 Å². The second kappa shape index (κ2) is 3.21. The molecule has 0 fully saturated rings. The van der Waals surface area contributed by atoms with E-state index in [1.165, 1.54) is 0 Å². The zero-order chi connectivity index (χ0) is 8.43. The zero-order valence-corrected chi connectivity index (χ0v) is 6.78. The highest BCUT2D eigenvalue weighted by Gasteiger charge is 2.09. The topological polar surface area (TPSA) is 12.9 Å². The quantitative estimate of drug-likeness (QED) is 0.671. The average molecular weight is 226 g/mol. The van der Waals surface area contributed by atoms with E-state index in [0.717, 1.165) is 6.07 Å². The van der Waals surface area contributed by atoms with Gasteiger partial charge in [0, 0.05) is 11.6 Å². The van der Waals surface area contributed by atoms with Gasteiger partial charge in [-0.3, -0.25) is 0 Å². The predicted octanol–water partition coefficient (Wildman–Crippen LogP) is 2.92. The van der Waals surface area contributed by atoms with Crippen LogP contribution in [0.25, 0.3) is 0 Å². The fourth-order valence-electron chi connectivity index (χ4n) is 0.609. The number of alkyl halides is 2. The summed E-state index contributed by atoms with van der Waals surface area (Å²) in [6, 6.07) is 1.78. The second-order valence-electron chi connectivity index (χ2n) is 1.85. The van der Waals surface area contributed by atoms with E-state index in [1.807, 2.05) is 0 Å². The number of hydrogen-bond acceptors (Lipinski definition) is 1. The van der Waals surface area contributed by atoms with Crippen LogP contribution in [0, 0.1) is 5.95 Å². The number of pyridine rings is 1. The highest BCUT2D eigenvalue weighted by molar-refractivity contribution is 9.10. The van der Waals surface area contributed by atoms with Gasteiger partial charge in [0.2, 0.25) is 5.95 Å². The Labute approximate surface area is 69.4 Å². The molecule has 60 valence electrons. The van der Waals surface area contributed by atoms with Crippen LogP contribution in [0.1, 0.15) is 12.0 Å². The molecule has 0 amide bonds. The minimum Gasteiger partial charge on any atom is -0.213 e. The van der Waals surface area contributed by atoms with Crippen LogP contribution in [-0.2, 0) is 0 Å². The van der Waals surface area contributed by atoms with E-state index in [1.54, 1.807) is 0 Å². The van der Waals surface area contributed by atoms with E-state index < -0.39 is 12.4 Å². The summed E-state index contributed by atoms with van der Waals surface area (Å²) in [6.45, 7) is 0. The third kappa shape index (κ3) is 2.18. The SMILES string of the molecule is Fc1cc(C(F)F)cc(Br)n1. The highest BCUT2D eigenvalue weighted by atomic mass is 79.9. The summed E-state index contributed by atoms with van der Waals surface area (Å²) >= 11 is 2.80. The molecule has 0 N–H and O–H groups in total. The Kier molecular flexibility index (Phi) is 2.49. The normalized spacial score (nSPS) is 10.6. The predicted molar refractivity (Wildman–Crippen MR) is 36.9 cm³/mol. The smallest absolute Gasteiger partial charge is 0.213 e. The molecule has 1 heterocycles. The van der Waals surface area contributed by atoms with Gasteiger partial charge in [-0.25, -0.2) is 13.8 Å². The fourth-order valence-corrected chi connectivity index (χ4v) is 1.04. The van der Waals surface area contributed by atoms with Crippen LogP contribution < -0.4 is 0 Å². The van der Waals surface area contributed by atoms with Crippen molar-refractivity contribution in [2.45, 2.75) is 6.43 Å². The van der Waals surface area contributed by atoms with Crippen LogP contribution in [0.2, 0.25) is 0 Å². The Morgan fingerprint density at radius 3 is 2.45 bits per heavy atom. The number of nitrogens with zero attached hydrogens (tertiary/aromatic N) is 1. The largest absolute Gasteiger partial charge is 0.264 e. The molecule has 0 saturated carbocycles. The summed E-state index contributed by atoms with van der Waals surface area (Å²) in [5.41, 5.74) is -0.371. The molecule has 0 aliphatic carbocycles.